The first-order chi connectivity index (χ1) is 7.66. The average Bonchev–Trinajstić information content (AvgIpc) is 2.29. The van der Waals surface area contributed by atoms with E-state index >= 15 is 0 Å². The van der Waals surface area contributed by atoms with Crippen LogP contribution in [0.4, 0.5) is 4.39 Å². The molecule has 1 aromatic heterocycles. The lowest BCUT2D eigenvalue weighted by Crippen LogP contribution is -2.36. The van der Waals surface area contributed by atoms with Crippen LogP contribution in [0.3, 0.4) is 0 Å². The van der Waals surface area contributed by atoms with Gasteiger partial charge in [-0.3, -0.25) is 4.79 Å². The minimum absolute atomic E-state index is 0.174. The summed E-state index contributed by atoms with van der Waals surface area (Å²) in [4.78, 5) is 17.2. The van der Waals surface area contributed by atoms with Gasteiger partial charge in [0, 0.05) is 13.1 Å². The topological polar surface area (TPSA) is 33.2 Å². The van der Waals surface area contributed by atoms with E-state index in [2.05, 4.69) is 11.6 Å². The Morgan fingerprint density at radius 1 is 1.38 bits per heavy atom. The van der Waals surface area contributed by atoms with E-state index in [-0.39, 0.29) is 11.6 Å². The van der Waals surface area contributed by atoms with E-state index in [1.54, 1.807) is 4.90 Å². The predicted molar refractivity (Wildman–Crippen MR) is 58.5 cm³/mol. The molecule has 1 aliphatic heterocycles. The molecule has 1 aromatic rings. The highest BCUT2D eigenvalue weighted by atomic mass is 19.1. The molecular weight excluding hydrogens is 207 g/mol. The fourth-order valence-corrected chi connectivity index (χ4v) is 1.72. The molecule has 1 aliphatic rings. The van der Waals surface area contributed by atoms with Gasteiger partial charge in [0.2, 0.25) is 5.95 Å². The van der Waals surface area contributed by atoms with Crippen LogP contribution in [0.15, 0.2) is 30.4 Å². The number of hydrogen-bond acceptors (Lipinski definition) is 2. The maximum Gasteiger partial charge on any atom is 0.272 e. The first-order valence-corrected chi connectivity index (χ1v) is 5.25. The summed E-state index contributed by atoms with van der Waals surface area (Å²) >= 11 is 0. The molecule has 0 aliphatic carbocycles. The van der Waals surface area contributed by atoms with Crippen LogP contribution in [-0.4, -0.2) is 28.9 Å². The minimum atomic E-state index is -0.618. The quantitative estimate of drug-likeness (QED) is 0.536. The Balaban J connectivity index is 2.10. The highest BCUT2D eigenvalue weighted by Gasteiger charge is 2.20. The van der Waals surface area contributed by atoms with Gasteiger partial charge in [0.25, 0.3) is 5.91 Å². The van der Waals surface area contributed by atoms with E-state index in [9.17, 15) is 9.18 Å². The van der Waals surface area contributed by atoms with Crippen molar-refractivity contribution in [1.82, 2.24) is 9.88 Å². The van der Waals surface area contributed by atoms with Crippen molar-refractivity contribution in [3.8, 4) is 0 Å². The molecule has 0 radical (unpaired) electrons. The number of carbonyl (C=O) groups is 1. The molecule has 84 valence electrons. The Kier molecular flexibility index (Phi) is 2.99. The molecule has 0 spiro atoms. The molecule has 2 rings (SSSR count). The third-order valence-electron chi connectivity index (χ3n) is 2.69. The van der Waals surface area contributed by atoms with E-state index in [0.29, 0.717) is 13.1 Å². The molecule has 3 nitrogen and oxygen atoms in total. The van der Waals surface area contributed by atoms with Gasteiger partial charge in [-0.15, -0.1) is 0 Å². The van der Waals surface area contributed by atoms with Crippen LogP contribution < -0.4 is 0 Å². The van der Waals surface area contributed by atoms with E-state index in [1.807, 2.05) is 0 Å². The number of aromatic nitrogens is 1. The first kappa shape index (κ1) is 10.8. The van der Waals surface area contributed by atoms with Crippen LogP contribution in [0.25, 0.3) is 0 Å². The fraction of sp³-hybridized carbons (Fsp3) is 0.333. The molecule has 0 atom stereocenters. The van der Waals surface area contributed by atoms with Gasteiger partial charge in [-0.05, 0) is 25.0 Å². The van der Waals surface area contributed by atoms with Gasteiger partial charge in [-0.2, -0.15) is 4.39 Å². The molecule has 16 heavy (non-hydrogen) atoms. The number of pyridine rings is 1. The van der Waals surface area contributed by atoms with E-state index in [4.69, 9.17) is 0 Å². The molecule has 0 unspecified atom stereocenters. The number of likely N-dealkylation sites (tertiary alicyclic amines) is 1. The number of nitrogens with zero attached hydrogens (tertiary/aromatic N) is 2. The van der Waals surface area contributed by atoms with Gasteiger partial charge in [0.05, 0.1) is 0 Å². The van der Waals surface area contributed by atoms with Crippen molar-refractivity contribution >= 4 is 5.91 Å². The smallest absolute Gasteiger partial charge is 0.272 e. The SMILES string of the molecule is C=C1CCN(C(=O)c2cccc(F)n2)CC1. The summed E-state index contributed by atoms with van der Waals surface area (Å²) in [5, 5.41) is 0. The molecule has 4 heteroatoms. The molecule has 0 saturated carbocycles. The third kappa shape index (κ3) is 2.27. The second kappa shape index (κ2) is 4.43. The fourth-order valence-electron chi connectivity index (χ4n) is 1.72. The molecule has 0 aromatic carbocycles. The lowest BCUT2D eigenvalue weighted by atomic mass is 10.1. The zero-order chi connectivity index (χ0) is 11.5. The highest BCUT2D eigenvalue weighted by molar-refractivity contribution is 5.92. The summed E-state index contributed by atoms with van der Waals surface area (Å²) in [6.07, 6.45) is 1.64. The Labute approximate surface area is 93.6 Å². The van der Waals surface area contributed by atoms with Gasteiger partial charge in [-0.1, -0.05) is 18.2 Å². The standard InChI is InChI=1S/C12H13FN2O/c1-9-5-7-15(8-6-9)12(16)10-3-2-4-11(13)14-10/h2-4H,1,5-8H2. The Bertz CT molecular complexity index is 421. The van der Waals surface area contributed by atoms with Crippen LogP contribution in [0, 0.1) is 5.95 Å². The number of piperidine rings is 1. The molecule has 0 N–H and O–H groups in total. The summed E-state index contributed by atoms with van der Waals surface area (Å²) in [6, 6.07) is 4.27. The Morgan fingerprint density at radius 3 is 2.69 bits per heavy atom. The number of hydrogen-bond donors (Lipinski definition) is 0. The maximum atomic E-state index is 12.9. The van der Waals surface area contributed by atoms with Crippen molar-refractivity contribution in [3.05, 3.63) is 42.0 Å². The third-order valence-corrected chi connectivity index (χ3v) is 2.69. The largest absolute Gasteiger partial charge is 0.337 e. The molecule has 1 fully saturated rings. The summed E-state index contributed by atoms with van der Waals surface area (Å²) in [5.74, 6) is -0.820. The molecular formula is C12H13FN2O. The van der Waals surface area contributed by atoms with E-state index in [0.717, 1.165) is 18.4 Å². The van der Waals surface area contributed by atoms with Gasteiger partial charge in [0.1, 0.15) is 5.69 Å². The predicted octanol–water partition coefficient (Wildman–Crippen LogP) is 2.01. The molecule has 1 saturated heterocycles. The zero-order valence-electron chi connectivity index (χ0n) is 8.95. The van der Waals surface area contributed by atoms with Crippen molar-refractivity contribution in [2.24, 2.45) is 0 Å². The summed E-state index contributed by atoms with van der Waals surface area (Å²) in [6.45, 7) is 5.18. The van der Waals surface area contributed by atoms with Gasteiger partial charge in [0.15, 0.2) is 0 Å². The van der Waals surface area contributed by atoms with Crippen LogP contribution >= 0.6 is 0 Å². The van der Waals surface area contributed by atoms with Crippen molar-refractivity contribution in [2.45, 2.75) is 12.8 Å². The van der Waals surface area contributed by atoms with Crippen LogP contribution in [0.5, 0.6) is 0 Å². The highest BCUT2D eigenvalue weighted by Crippen LogP contribution is 2.15. The number of carbonyl (C=O) groups excluding carboxylic acids is 1. The minimum Gasteiger partial charge on any atom is -0.337 e. The molecule has 1 amide bonds. The summed E-state index contributed by atoms with van der Waals surface area (Å²) in [7, 11) is 0. The lowest BCUT2D eigenvalue weighted by molar-refractivity contribution is 0.0736. The maximum absolute atomic E-state index is 12.9. The zero-order valence-corrected chi connectivity index (χ0v) is 8.95. The number of rotatable bonds is 1. The van der Waals surface area contributed by atoms with Crippen molar-refractivity contribution in [1.29, 1.82) is 0 Å². The van der Waals surface area contributed by atoms with Crippen LogP contribution in [0.2, 0.25) is 0 Å². The summed E-state index contributed by atoms with van der Waals surface area (Å²) < 4.78 is 12.9. The monoisotopic (exact) mass is 220 g/mol. The van der Waals surface area contributed by atoms with Gasteiger partial charge < -0.3 is 4.90 Å². The van der Waals surface area contributed by atoms with Crippen LogP contribution in [0.1, 0.15) is 23.3 Å². The summed E-state index contributed by atoms with van der Waals surface area (Å²) in [5.41, 5.74) is 1.34. The van der Waals surface area contributed by atoms with Crippen molar-refractivity contribution in [3.63, 3.8) is 0 Å². The molecule has 2 heterocycles. The van der Waals surface area contributed by atoms with E-state index in [1.165, 1.54) is 18.2 Å². The van der Waals surface area contributed by atoms with Crippen molar-refractivity contribution < 1.29 is 9.18 Å². The first-order valence-electron chi connectivity index (χ1n) is 5.25. The number of halogens is 1. The van der Waals surface area contributed by atoms with Crippen LogP contribution in [-0.2, 0) is 0 Å². The Hall–Kier alpha value is -1.71. The normalized spacial score (nSPS) is 16.3. The average molecular weight is 220 g/mol. The lowest BCUT2D eigenvalue weighted by Gasteiger charge is -2.27. The second-order valence-electron chi connectivity index (χ2n) is 3.89. The number of amides is 1. The second-order valence-corrected chi connectivity index (χ2v) is 3.89. The van der Waals surface area contributed by atoms with E-state index < -0.39 is 5.95 Å². The van der Waals surface area contributed by atoms with Crippen molar-refractivity contribution in [2.75, 3.05) is 13.1 Å². The van der Waals surface area contributed by atoms with Gasteiger partial charge in [-0.25, -0.2) is 4.98 Å². The molecule has 0 bridgehead atoms. The Morgan fingerprint density at radius 2 is 2.06 bits per heavy atom. The van der Waals surface area contributed by atoms with Gasteiger partial charge >= 0.3 is 0 Å².